The lowest BCUT2D eigenvalue weighted by atomic mass is 10.1. The van der Waals surface area contributed by atoms with Gasteiger partial charge in [-0.25, -0.2) is 9.67 Å². The van der Waals surface area contributed by atoms with Crippen molar-refractivity contribution in [3.05, 3.63) is 101 Å². The first kappa shape index (κ1) is 21.7. The Morgan fingerprint density at radius 2 is 1.74 bits per heavy atom. The molecule has 0 saturated carbocycles. The van der Waals surface area contributed by atoms with E-state index < -0.39 is 0 Å². The standard InChI is InChI=1S/C26H21N5O2S/c1-17-11-13-18(14-12-17)22-15-23(31(30-22)19-7-3-2-4-8-19)28-24(32)16-34-26-27-21-10-6-5-9-20(21)25(33)29-26/h2-15H,16H2,1H3,(H,28,32)(H,27,29,33). The molecule has 0 atom stereocenters. The number of nitrogens with zero attached hydrogens (tertiary/aromatic N) is 3. The first-order valence-corrected chi connectivity index (χ1v) is 11.7. The van der Waals surface area contributed by atoms with E-state index in [1.165, 1.54) is 11.8 Å². The summed E-state index contributed by atoms with van der Waals surface area (Å²) in [6, 6.07) is 26.7. The molecular weight excluding hydrogens is 446 g/mol. The van der Waals surface area contributed by atoms with Crippen molar-refractivity contribution < 1.29 is 4.79 Å². The van der Waals surface area contributed by atoms with E-state index in [0.717, 1.165) is 22.5 Å². The molecule has 0 aliphatic rings. The van der Waals surface area contributed by atoms with Gasteiger partial charge < -0.3 is 10.3 Å². The van der Waals surface area contributed by atoms with Gasteiger partial charge in [-0.05, 0) is 31.2 Å². The van der Waals surface area contributed by atoms with E-state index in [-0.39, 0.29) is 17.2 Å². The molecule has 1 amide bonds. The second-order valence-electron chi connectivity index (χ2n) is 7.75. The van der Waals surface area contributed by atoms with Gasteiger partial charge in [0.25, 0.3) is 5.56 Å². The molecule has 2 aromatic heterocycles. The van der Waals surface area contributed by atoms with Crippen LogP contribution >= 0.6 is 11.8 Å². The summed E-state index contributed by atoms with van der Waals surface area (Å²) in [6.07, 6.45) is 0. The van der Waals surface area contributed by atoms with Crippen LogP contribution in [0.5, 0.6) is 0 Å². The van der Waals surface area contributed by atoms with Crippen LogP contribution in [-0.4, -0.2) is 31.4 Å². The minimum atomic E-state index is -0.228. The van der Waals surface area contributed by atoms with Gasteiger partial charge in [-0.15, -0.1) is 0 Å². The summed E-state index contributed by atoms with van der Waals surface area (Å²) in [5.41, 5.74) is 4.09. The molecule has 0 spiro atoms. The summed E-state index contributed by atoms with van der Waals surface area (Å²) < 4.78 is 1.72. The molecule has 7 nitrogen and oxygen atoms in total. The van der Waals surface area contributed by atoms with E-state index in [2.05, 4.69) is 15.3 Å². The number of para-hydroxylation sites is 2. The Hall–Kier alpha value is -4.17. The predicted molar refractivity (Wildman–Crippen MR) is 135 cm³/mol. The maximum absolute atomic E-state index is 12.8. The fraction of sp³-hybridized carbons (Fsp3) is 0.0769. The Kier molecular flexibility index (Phi) is 5.97. The van der Waals surface area contributed by atoms with Crippen molar-refractivity contribution in [2.45, 2.75) is 12.1 Å². The Bertz CT molecular complexity index is 1520. The van der Waals surface area contributed by atoms with Crippen molar-refractivity contribution >= 4 is 34.4 Å². The van der Waals surface area contributed by atoms with E-state index in [0.29, 0.717) is 21.9 Å². The van der Waals surface area contributed by atoms with Gasteiger partial charge in [-0.3, -0.25) is 9.59 Å². The number of nitrogens with one attached hydrogen (secondary N) is 2. The molecule has 5 aromatic rings. The van der Waals surface area contributed by atoms with Crippen LogP contribution in [0.4, 0.5) is 5.82 Å². The van der Waals surface area contributed by atoms with Crippen LogP contribution in [0.2, 0.25) is 0 Å². The summed E-state index contributed by atoms with van der Waals surface area (Å²) in [4.78, 5) is 32.3. The van der Waals surface area contributed by atoms with Crippen molar-refractivity contribution in [2.75, 3.05) is 11.1 Å². The van der Waals surface area contributed by atoms with Gasteiger partial charge in [0.15, 0.2) is 5.16 Å². The molecule has 3 aromatic carbocycles. The molecule has 0 radical (unpaired) electrons. The van der Waals surface area contributed by atoms with E-state index in [1.807, 2.05) is 73.7 Å². The summed E-state index contributed by atoms with van der Waals surface area (Å²) in [6.45, 7) is 2.04. The average Bonchev–Trinajstić information content (AvgIpc) is 3.27. The molecule has 2 heterocycles. The number of anilines is 1. The second-order valence-corrected chi connectivity index (χ2v) is 8.72. The highest BCUT2D eigenvalue weighted by Crippen LogP contribution is 2.25. The van der Waals surface area contributed by atoms with Gasteiger partial charge in [0.1, 0.15) is 5.82 Å². The number of benzene rings is 3. The minimum Gasteiger partial charge on any atom is -0.310 e. The molecule has 0 bridgehead atoms. The monoisotopic (exact) mass is 467 g/mol. The van der Waals surface area contributed by atoms with Crippen molar-refractivity contribution in [3.63, 3.8) is 0 Å². The lowest BCUT2D eigenvalue weighted by molar-refractivity contribution is -0.113. The zero-order chi connectivity index (χ0) is 23.5. The molecule has 0 aliphatic carbocycles. The zero-order valence-electron chi connectivity index (χ0n) is 18.4. The Labute approximate surface area is 199 Å². The number of aromatic nitrogens is 4. The van der Waals surface area contributed by atoms with Crippen LogP contribution in [0.3, 0.4) is 0 Å². The number of carbonyl (C=O) groups excluding carboxylic acids is 1. The number of fused-ring (bicyclic) bond motifs is 1. The number of aromatic amines is 1. The maximum Gasteiger partial charge on any atom is 0.259 e. The molecule has 0 saturated heterocycles. The molecule has 0 unspecified atom stereocenters. The van der Waals surface area contributed by atoms with Crippen LogP contribution in [0.1, 0.15) is 5.56 Å². The number of thioether (sulfide) groups is 1. The highest BCUT2D eigenvalue weighted by molar-refractivity contribution is 7.99. The number of amides is 1. The number of hydrogen-bond acceptors (Lipinski definition) is 5. The predicted octanol–water partition coefficient (Wildman–Crippen LogP) is 4.82. The van der Waals surface area contributed by atoms with E-state index in [1.54, 1.807) is 22.9 Å². The quantitative estimate of drug-likeness (QED) is 0.276. The van der Waals surface area contributed by atoms with Crippen LogP contribution in [0.15, 0.2) is 94.9 Å². The highest BCUT2D eigenvalue weighted by atomic mass is 32.2. The topological polar surface area (TPSA) is 92.7 Å². The van der Waals surface area contributed by atoms with Gasteiger partial charge in [-0.2, -0.15) is 5.10 Å². The number of hydrogen-bond donors (Lipinski definition) is 2. The van der Waals surface area contributed by atoms with Crippen LogP contribution in [-0.2, 0) is 4.79 Å². The van der Waals surface area contributed by atoms with Crippen molar-refractivity contribution in [1.29, 1.82) is 0 Å². The van der Waals surface area contributed by atoms with E-state index >= 15 is 0 Å². The van der Waals surface area contributed by atoms with Gasteiger partial charge in [0, 0.05) is 11.6 Å². The highest BCUT2D eigenvalue weighted by Gasteiger charge is 2.15. The van der Waals surface area contributed by atoms with Crippen LogP contribution in [0.25, 0.3) is 27.8 Å². The largest absolute Gasteiger partial charge is 0.310 e. The van der Waals surface area contributed by atoms with E-state index in [9.17, 15) is 9.59 Å². The molecule has 8 heteroatoms. The molecular formula is C26H21N5O2S. The fourth-order valence-corrected chi connectivity index (χ4v) is 4.22. The third kappa shape index (κ3) is 4.62. The molecule has 5 rings (SSSR count). The normalized spacial score (nSPS) is 11.0. The first-order valence-electron chi connectivity index (χ1n) is 10.7. The lowest BCUT2D eigenvalue weighted by Gasteiger charge is -2.08. The summed E-state index contributed by atoms with van der Waals surface area (Å²) in [5.74, 6) is 0.418. The van der Waals surface area contributed by atoms with Crippen molar-refractivity contribution in [1.82, 2.24) is 19.7 Å². The second kappa shape index (κ2) is 9.36. The first-order chi connectivity index (χ1) is 16.6. The summed E-state index contributed by atoms with van der Waals surface area (Å²) in [7, 11) is 0. The van der Waals surface area contributed by atoms with Crippen LogP contribution in [0, 0.1) is 6.92 Å². The number of rotatable bonds is 6. The molecule has 2 N–H and O–H groups in total. The Morgan fingerprint density at radius 1 is 1.00 bits per heavy atom. The van der Waals surface area contributed by atoms with Crippen molar-refractivity contribution in [2.24, 2.45) is 0 Å². The SMILES string of the molecule is Cc1ccc(-c2cc(NC(=O)CSc3nc4ccccc4c(=O)[nH]3)n(-c3ccccc3)n2)cc1. The average molecular weight is 468 g/mol. The third-order valence-electron chi connectivity index (χ3n) is 5.26. The van der Waals surface area contributed by atoms with Gasteiger partial charge in [0.2, 0.25) is 5.91 Å². The van der Waals surface area contributed by atoms with Gasteiger partial charge in [0.05, 0.1) is 28.0 Å². The maximum atomic E-state index is 12.8. The Morgan fingerprint density at radius 3 is 2.53 bits per heavy atom. The van der Waals surface area contributed by atoms with Crippen molar-refractivity contribution in [3.8, 4) is 16.9 Å². The Balaban J connectivity index is 1.38. The smallest absolute Gasteiger partial charge is 0.259 e. The van der Waals surface area contributed by atoms with Crippen LogP contribution < -0.4 is 10.9 Å². The molecule has 0 fully saturated rings. The minimum absolute atomic E-state index is 0.0844. The molecule has 34 heavy (non-hydrogen) atoms. The van der Waals surface area contributed by atoms with Gasteiger partial charge >= 0.3 is 0 Å². The fourth-order valence-electron chi connectivity index (χ4n) is 3.55. The zero-order valence-corrected chi connectivity index (χ0v) is 19.2. The summed E-state index contributed by atoms with van der Waals surface area (Å²) in [5, 5.41) is 8.61. The number of aryl methyl sites for hydroxylation is 1. The summed E-state index contributed by atoms with van der Waals surface area (Å²) >= 11 is 1.17. The third-order valence-corrected chi connectivity index (χ3v) is 6.13. The van der Waals surface area contributed by atoms with Gasteiger partial charge in [-0.1, -0.05) is 71.9 Å². The number of carbonyl (C=O) groups is 1. The number of H-pyrrole nitrogens is 1. The van der Waals surface area contributed by atoms with E-state index in [4.69, 9.17) is 5.10 Å². The lowest BCUT2D eigenvalue weighted by Crippen LogP contribution is -2.17. The molecule has 168 valence electrons. The molecule has 0 aliphatic heterocycles.